The van der Waals surface area contributed by atoms with Gasteiger partial charge in [-0.05, 0) is 30.5 Å². The van der Waals surface area contributed by atoms with Gasteiger partial charge in [-0.15, -0.1) is 0 Å². The molecule has 0 radical (unpaired) electrons. The molecule has 1 atom stereocenters. The van der Waals surface area contributed by atoms with Gasteiger partial charge in [0, 0.05) is 18.9 Å². The summed E-state index contributed by atoms with van der Waals surface area (Å²) in [4.78, 5) is 11.3. The van der Waals surface area contributed by atoms with E-state index in [2.05, 4.69) is 6.07 Å². The van der Waals surface area contributed by atoms with Crippen LogP contribution < -0.4 is 10.5 Å². The Morgan fingerprint density at radius 1 is 1.56 bits per heavy atom. The second kappa shape index (κ2) is 4.66. The molecule has 1 heterocycles. The Morgan fingerprint density at radius 3 is 3.06 bits per heavy atom. The van der Waals surface area contributed by atoms with E-state index in [-0.39, 0.29) is 11.7 Å². The summed E-state index contributed by atoms with van der Waals surface area (Å²) in [5.41, 5.74) is 8.01. The van der Waals surface area contributed by atoms with Crippen LogP contribution in [0.25, 0.3) is 0 Å². The molecule has 16 heavy (non-hydrogen) atoms. The van der Waals surface area contributed by atoms with Crippen LogP contribution in [0, 0.1) is 5.92 Å². The van der Waals surface area contributed by atoms with Crippen LogP contribution in [0.15, 0.2) is 18.2 Å². The molecule has 0 saturated carbocycles. The molecule has 1 aliphatic heterocycles. The minimum atomic E-state index is -0.0552. The summed E-state index contributed by atoms with van der Waals surface area (Å²) in [7, 11) is 0. The molecule has 1 aromatic carbocycles. The monoisotopic (exact) mass is 219 g/mol. The first-order chi connectivity index (χ1) is 7.70. The maximum atomic E-state index is 11.3. The van der Waals surface area contributed by atoms with Crippen molar-refractivity contribution in [2.75, 3.05) is 13.2 Å². The van der Waals surface area contributed by atoms with Crippen LogP contribution in [0.3, 0.4) is 0 Å². The van der Waals surface area contributed by atoms with Crippen molar-refractivity contribution in [1.29, 1.82) is 0 Å². The Bertz CT molecular complexity index is 401. The number of ether oxygens (including phenoxy) is 1. The van der Waals surface area contributed by atoms with Crippen molar-refractivity contribution in [2.45, 2.75) is 19.8 Å². The maximum Gasteiger partial charge on any atom is 0.134 e. The molecule has 86 valence electrons. The van der Waals surface area contributed by atoms with Crippen molar-refractivity contribution < 1.29 is 9.53 Å². The fourth-order valence-corrected chi connectivity index (χ4v) is 2.04. The third kappa shape index (κ3) is 2.25. The van der Waals surface area contributed by atoms with Gasteiger partial charge < -0.3 is 10.5 Å². The van der Waals surface area contributed by atoms with Crippen molar-refractivity contribution in [3.63, 3.8) is 0 Å². The van der Waals surface area contributed by atoms with Gasteiger partial charge >= 0.3 is 0 Å². The summed E-state index contributed by atoms with van der Waals surface area (Å²) < 4.78 is 5.44. The van der Waals surface area contributed by atoms with Gasteiger partial charge in [-0.2, -0.15) is 0 Å². The van der Waals surface area contributed by atoms with Crippen molar-refractivity contribution in [3.05, 3.63) is 29.3 Å². The predicted molar refractivity (Wildman–Crippen MR) is 62.6 cm³/mol. The Labute approximate surface area is 95.6 Å². The Balaban J connectivity index is 2.13. The lowest BCUT2D eigenvalue weighted by Crippen LogP contribution is -2.23. The Morgan fingerprint density at radius 2 is 2.38 bits per heavy atom. The van der Waals surface area contributed by atoms with E-state index in [9.17, 15) is 4.79 Å². The minimum absolute atomic E-state index is 0.0552. The number of nitrogens with two attached hydrogens (primary N) is 1. The van der Waals surface area contributed by atoms with Gasteiger partial charge in [-0.25, -0.2) is 0 Å². The molecule has 2 rings (SSSR count). The van der Waals surface area contributed by atoms with Crippen LogP contribution in [-0.2, 0) is 17.6 Å². The zero-order chi connectivity index (χ0) is 11.5. The highest BCUT2D eigenvalue weighted by Crippen LogP contribution is 2.26. The number of hydrogen-bond acceptors (Lipinski definition) is 3. The van der Waals surface area contributed by atoms with Gasteiger partial charge in [0.15, 0.2) is 0 Å². The van der Waals surface area contributed by atoms with Crippen molar-refractivity contribution >= 4 is 5.78 Å². The number of benzene rings is 1. The number of carbonyl (C=O) groups is 1. The molecule has 0 saturated heterocycles. The van der Waals surface area contributed by atoms with Gasteiger partial charge in [0.1, 0.15) is 11.5 Å². The van der Waals surface area contributed by atoms with Crippen LogP contribution in [0.4, 0.5) is 0 Å². The average Bonchev–Trinajstić information content (AvgIpc) is 2.72. The van der Waals surface area contributed by atoms with Crippen molar-refractivity contribution in [3.8, 4) is 5.75 Å². The van der Waals surface area contributed by atoms with E-state index in [0.717, 1.165) is 25.2 Å². The average molecular weight is 219 g/mol. The van der Waals surface area contributed by atoms with E-state index in [1.165, 1.54) is 11.1 Å². The number of carbonyl (C=O) groups excluding carboxylic acids is 1. The van der Waals surface area contributed by atoms with Crippen molar-refractivity contribution in [2.24, 2.45) is 11.7 Å². The van der Waals surface area contributed by atoms with Crippen LogP contribution >= 0.6 is 0 Å². The predicted octanol–water partition coefficient (Wildman–Crippen LogP) is 1.33. The zero-order valence-corrected chi connectivity index (χ0v) is 9.53. The van der Waals surface area contributed by atoms with Crippen LogP contribution in [0.2, 0.25) is 0 Å². The first-order valence-corrected chi connectivity index (χ1v) is 5.66. The molecular formula is C13H17NO2. The first kappa shape index (κ1) is 11.1. The summed E-state index contributed by atoms with van der Waals surface area (Å²) in [6.45, 7) is 2.79. The molecule has 1 aromatic rings. The number of ketones is 1. The molecular weight excluding hydrogens is 202 g/mol. The smallest absolute Gasteiger partial charge is 0.134 e. The topological polar surface area (TPSA) is 52.3 Å². The van der Waals surface area contributed by atoms with Crippen LogP contribution in [-0.4, -0.2) is 18.9 Å². The third-order valence-electron chi connectivity index (χ3n) is 3.10. The van der Waals surface area contributed by atoms with Gasteiger partial charge in [0.05, 0.1) is 6.61 Å². The zero-order valence-electron chi connectivity index (χ0n) is 9.53. The third-order valence-corrected chi connectivity index (χ3v) is 3.10. The van der Waals surface area contributed by atoms with E-state index in [4.69, 9.17) is 10.5 Å². The summed E-state index contributed by atoms with van der Waals surface area (Å²) in [5, 5.41) is 0. The molecule has 2 N–H and O–H groups in total. The normalized spacial score (nSPS) is 15.4. The maximum absolute atomic E-state index is 11.3. The largest absolute Gasteiger partial charge is 0.493 e. The molecule has 0 amide bonds. The van der Waals surface area contributed by atoms with E-state index in [0.29, 0.717) is 6.54 Å². The molecule has 1 aliphatic rings. The van der Waals surface area contributed by atoms with Crippen molar-refractivity contribution in [1.82, 2.24) is 0 Å². The van der Waals surface area contributed by atoms with Gasteiger partial charge in [0.2, 0.25) is 0 Å². The highest BCUT2D eigenvalue weighted by atomic mass is 16.5. The molecule has 3 heteroatoms. The number of fused-ring (bicyclic) bond motifs is 1. The quantitative estimate of drug-likeness (QED) is 0.831. The second-order valence-electron chi connectivity index (χ2n) is 4.29. The lowest BCUT2D eigenvalue weighted by Gasteiger charge is -2.11. The highest BCUT2D eigenvalue weighted by Gasteiger charge is 2.16. The van der Waals surface area contributed by atoms with Crippen LogP contribution in [0.1, 0.15) is 18.1 Å². The minimum Gasteiger partial charge on any atom is -0.493 e. The van der Waals surface area contributed by atoms with E-state index >= 15 is 0 Å². The molecule has 0 bridgehead atoms. The fraction of sp³-hybridized carbons (Fsp3) is 0.462. The number of Topliss-reactive ketones (excluding diaryl/α,β-unsaturated/α-hetero) is 1. The summed E-state index contributed by atoms with van der Waals surface area (Å²) in [6, 6.07) is 6.15. The first-order valence-electron chi connectivity index (χ1n) is 5.66. The number of rotatable bonds is 4. The molecule has 0 aliphatic carbocycles. The summed E-state index contributed by atoms with van der Waals surface area (Å²) in [5.74, 6) is 1.09. The standard InChI is InChI=1S/C13H17NO2/c1-9(15)12(8-14)7-10-2-3-13-11(6-10)4-5-16-13/h2-3,6,12H,4-5,7-8,14H2,1H3/t12-/m1/s1. The Hall–Kier alpha value is -1.35. The molecule has 0 spiro atoms. The summed E-state index contributed by atoms with van der Waals surface area (Å²) >= 11 is 0. The van der Waals surface area contributed by atoms with E-state index in [1.54, 1.807) is 6.92 Å². The Kier molecular flexibility index (Phi) is 3.25. The van der Waals surface area contributed by atoms with Crippen LogP contribution in [0.5, 0.6) is 5.75 Å². The summed E-state index contributed by atoms with van der Waals surface area (Å²) in [6.07, 6.45) is 1.70. The van der Waals surface area contributed by atoms with Gasteiger partial charge in [-0.3, -0.25) is 4.79 Å². The highest BCUT2D eigenvalue weighted by molar-refractivity contribution is 5.78. The lowest BCUT2D eigenvalue weighted by molar-refractivity contribution is -0.120. The van der Waals surface area contributed by atoms with Gasteiger partial charge in [0.25, 0.3) is 0 Å². The number of hydrogen-bond donors (Lipinski definition) is 1. The lowest BCUT2D eigenvalue weighted by atomic mass is 9.95. The molecule has 0 fully saturated rings. The SMILES string of the molecule is CC(=O)[C@@H](CN)Cc1ccc2c(c1)CCO2. The molecule has 0 aromatic heterocycles. The van der Waals surface area contributed by atoms with Gasteiger partial charge in [-0.1, -0.05) is 12.1 Å². The second-order valence-corrected chi connectivity index (χ2v) is 4.29. The molecule has 0 unspecified atom stereocenters. The molecule has 3 nitrogen and oxygen atoms in total. The fourth-order valence-electron chi connectivity index (χ4n) is 2.04. The van der Waals surface area contributed by atoms with E-state index < -0.39 is 0 Å². The van der Waals surface area contributed by atoms with E-state index in [1.807, 2.05) is 12.1 Å².